The quantitative estimate of drug-likeness (QED) is 0.639. The highest BCUT2D eigenvalue weighted by atomic mass is 16.6. The Morgan fingerprint density at radius 3 is 3.06 bits per heavy atom. The summed E-state index contributed by atoms with van der Waals surface area (Å²) in [5.41, 5.74) is 2.77. The molecule has 0 bridgehead atoms. The summed E-state index contributed by atoms with van der Waals surface area (Å²) in [6.07, 6.45) is 1.77. The van der Waals surface area contributed by atoms with E-state index in [0.29, 0.717) is 11.4 Å². The molecular weight excluding hydrogens is 232 g/mol. The molecule has 90 valence electrons. The van der Waals surface area contributed by atoms with Crippen LogP contribution in [0.3, 0.4) is 0 Å². The predicted molar refractivity (Wildman–Crippen MR) is 64.7 cm³/mol. The number of aromatic nitrogens is 2. The molecule has 1 aliphatic rings. The number of fused-ring (bicyclic) bond motifs is 1. The second-order valence-corrected chi connectivity index (χ2v) is 4.08. The molecule has 0 amide bonds. The first kappa shape index (κ1) is 10.8. The van der Waals surface area contributed by atoms with E-state index in [2.05, 4.69) is 15.3 Å². The van der Waals surface area contributed by atoms with E-state index in [1.54, 1.807) is 18.3 Å². The lowest BCUT2D eigenvalue weighted by Gasteiger charge is -2.02. The Morgan fingerprint density at radius 2 is 2.22 bits per heavy atom. The van der Waals surface area contributed by atoms with E-state index >= 15 is 0 Å². The van der Waals surface area contributed by atoms with Gasteiger partial charge in [0, 0.05) is 42.5 Å². The third-order valence-electron chi connectivity index (χ3n) is 2.88. The summed E-state index contributed by atoms with van der Waals surface area (Å²) < 4.78 is 0. The van der Waals surface area contributed by atoms with Crippen LogP contribution in [0.2, 0.25) is 0 Å². The van der Waals surface area contributed by atoms with E-state index in [1.165, 1.54) is 12.1 Å². The highest BCUT2D eigenvalue weighted by molar-refractivity contribution is 5.59. The summed E-state index contributed by atoms with van der Waals surface area (Å²) in [5.74, 6) is 0.529. The Hall–Kier alpha value is -2.34. The lowest BCUT2D eigenvalue weighted by Crippen LogP contribution is -2.00. The van der Waals surface area contributed by atoms with Gasteiger partial charge in [0.25, 0.3) is 5.69 Å². The number of rotatable bonds is 2. The molecule has 3 rings (SSSR count). The molecule has 1 aromatic heterocycles. The Labute approximate surface area is 103 Å². The SMILES string of the molecule is O=[N+]([O-])c1cccc(-c2ncc3c(n2)CNC3)c1. The number of nitrogens with zero attached hydrogens (tertiary/aromatic N) is 3. The summed E-state index contributed by atoms with van der Waals surface area (Å²) in [6.45, 7) is 1.50. The first-order valence-corrected chi connectivity index (χ1v) is 5.54. The van der Waals surface area contributed by atoms with Crippen LogP contribution in [0.15, 0.2) is 30.5 Å². The molecule has 0 radical (unpaired) electrons. The lowest BCUT2D eigenvalue weighted by molar-refractivity contribution is -0.384. The van der Waals surface area contributed by atoms with Crippen molar-refractivity contribution in [2.45, 2.75) is 13.1 Å². The molecule has 1 aromatic carbocycles. The fraction of sp³-hybridized carbons (Fsp3) is 0.167. The van der Waals surface area contributed by atoms with Crippen LogP contribution in [0.4, 0.5) is 5.69 Å². The minimum atomic E-state index is -0.418. The maximum absolute atomic E-state index is 10.7. The largest absolute Gasteiger partial charge is 0.307 e. The molecule has 0 saturated heterocycles. The minimum Gasteiger partial charge on any atom is -0.307 e. The molecule has 1 N–H and O–H groups in total. The van der Waals surface area contributed by atoms with E-state index in [1.807, 2.05) is 0 Å². The van der Waals surface area contributed by atoms with Crippen molar-refractivity contribution in [1.82, 2.24) is 15.3 Å². The van der Waals surface area contributed by atoms with Crippen LogP contribution < -0.4 is 5.32 Å². The van der Waals surface area contributed by atoms with E-state index < -0.39 is 4.92 Å². The van der Waals surface area contributed by atoms with Gasteiger partial charge in [-0.2, -0.15) is 0 Å². The Balaban J connectivity index is 2.04. The molecule has 0 spiro atoms. The van der Waals surface area contributed by atoms with Gasteiger partial charge in [0.1, 0.15) is 0 Å². The van der Waals surface area contributed by atoms with Gasteiger partial charge < -0.3 is 5.32 Å². The molecule has 6 nitrogen and oxygen atoms in total. The van der Waals surface area contributed by atoms with E-state index in [0.717, 1.165) is 24.3 Å². The number of nitro groups is 1. The molecule has 0 saturated carbocycles. The fourth-order valence-corrected chi connectivity index (χ4v) is 1.96. The maximum atomic E-state index is 10.7. The van der Waals surface area contributed by atoms with Gasteiger partial charge in [-0.3, -0.25) is 10.1 Å². The number of nitrogens with one attached hydrogen (secondary N) is 1. The van der Waals surface area contributed by atoms with Crippen LogP contribution >= 0.6 is 0 Å². The average molecular weight is 242 g/mol. The number of nitro benzene ring substituents is 1. The van der Waals surface area contributed by atoms with Gasteiger partial charge in [-0.15, -0.1) is 0 Å². The van der Waals surface area contributed by atoms with Crippen LogP contribution in [0, 0.1) is 10.1 Å². The summed E-state index contributed by atoms with van der Waals surface area (Å²) in [7, 11) is 0. The normalized spacial score (nSPS) is 13.3. The van der Waals surface area contributed by atoms with Crippen LogP contribution in [-0.2, 0) is 13.1 Å². The van der Waals surface area contributed by atoms with Crippen molar-refractivity contribution in [3.8, 4) is 11.4 Å². The highest BCUT2D eigenvalue weighted by Gasteiger charge is 2.14. The first-order chi connectivity index (χ1) is 8.74. The summed E-state index contributed by atoms with van der Waals surface area (Å²) in [5, 5.41) is 13.9. The van der Waals surface area contributed by atoms with E-state index in [4.69, 9.17) is 0 Å². The summed E-state index contributed by atoms with van der Waals surface area (Å²) in [4.78, 5) is 19.0. The van der Waals surface area contributed by atoms with Crippen molar-refractivity contribution in [3.05, 3.63) is 51.8 Å². The molecule has 2 heterocycles. The lowest BCUT2D eigenvalue weighted by atomic mass is 10.2. The monoisotopic (exact) mass is 242 g/mol. The summed E-state index contributed by atoms with van der Waals surface area (Å²) >= 11 is 0. The van der Waals surface area contributed by atoms with Gasteiger partial charge >= 0.3 is 0 Å². The molecule has 18 heavy (non-hydrogen) atoms. The third-order valence-corrected chi connectivity index (χ3v) is 2.88. The smallest absolute Gasteiger partial charge is 0.270 e. The van der Waals surface area contributed by atoms with Gasteiger partial charge in [0.05, 0.1) is 10.6 Å². The minimum absolute atomic E-state index is 0.0507. The maximum Gasteiger partial charge on any atom is 0.270 e. The Bertz CT molecular complexity index is 627. The Kier molecular flexibility index (Phi) is 2.49. The van der Waals surface area contributed by atoms with Crippen molar-refractivity contribution in [2.24, 2.45) is 0 Å². The van der Waals surface area contributed by atoms with E-state index in [-0.39, 0.29) is 5.69 Å². The summed E-state index contributed by atoms with van der Waals surface area (Å²) in [6, 6.07) is 6.36. The number of hydrogen-bond donors (Lipinski definition) is 1. The molecule has 0 atom stereocenters. The number of benzene rings is 1. The molecule has 6 heteroatoms. The fourth-order valence-electron chi connectivity index (χ4n) is 1.96. The van der Waals surface area contributed by atoms with Crippen molar-refractivity contribution in [2.75, 3.05) is 0 Å². The van der Waals surface area contributed by atoms with E-state index in [9.17, 15) is 10.1 Å². The predicted octanol–water partition coefficient (Wildman–Crippen LogP) is 1.65. The van der Waals surface area contributed by atoms with Gasteiger partial charge in [-0.05, 0) is 0 Å². The van der Waals surface area contributed by atoms with Crippen LogP contribution in [0.5, 0.6) is 0 Å². The van der Waals surface area contributed by atoms with Crippen molar-refractivity contribution < 1.29 is 4.92 Å². The van der Waals surface area contributed by atoms with Gasteiger partial charge in [-0.25, -0.2) is 9.97 Å². The van der Waals surface area contributed by atoms with Crippen LogP contribution in [-0.4, -0.2) is 14.9 Å². The topological polar surface area (TPSA) is 81.0 Å². The zero-order chi connectivity index (χ0) is 12.5. The molecule has 0 unspecified atom stereocenters. The van der Waals surface area contributed by atoms with Crippen molar-refractivity contribution in [3.63, 3.8) is 0 Å². The zero-order valence-electron chi connectivity index (χ0n) is 9.46. The molecule has 2 aromatic rings. The van der Waals surface area contributed by atoms with Crippen molar-refractivity contribution >= 4 is 5.69 Å². The van der Waals surface area contributed by atoms with Gasteiger partial charge in [0.2, 0.25) is 0 Å². The van der Waals surface area contributed by atoms with Crippen LogP contribution in [0.1, 0.15) is 11.3 Å². The molecule has 1 aliphatic heterocycles. The zero-order valence-corrected chi connectivity index (χ0v) is 9.46. The van der Waals surface area contributed by atoms with Gasteiger partial charge in [-0.1, -0.05) is 12.1 Å². The van der Waals surface area contributed by atoms with Gasteiger partial charge in [0.15, 0.2) is 5.82 Å². The molecule has 0 aliphatic carbocycles. The Morgan fingerprint density at radius 1 is 1.33 bits per heavy atom. The molecule has 0 fully saturated rings. The first-order valence-electron chi connectivity index (χ1n) is 5.54. The standard InChI is InChI=1S/C12H10N4O2/c17-16(18)10-3-1-2-8(4-10)12-14-6-9-5-13-7-11(9)15-12/h1-4,6,13H,5,7H2. The van der Waals surface area contributed by atoms with Crippen LogP contribution in [0.25, 0.3) is 11.4 Å². The second-order valence-electron chi connectivity index (χ2n) is 4.08. The average Bonchev–Trinajstić information content (AvgIpc) is 2.86. The molecular formula is C12H10N4O2. The third kappa shape index (κ3) is 1.82. The number of non-ortho nitro benzene ring substituents is 1. The van der Waals surface area contributed by atoms with Crippen molar-refractivity contribution in [1.29, 1.82) is 0 Å². The number of hydrogen-bond acceptors (Lipinski definition) is 5. The highest BCUT2D eigenvalue weighted by Crippen LogP contribution is 2.22. The second kappa shape index (κ2) is 4.15.